The van der Waals surface area contributed by atoms with Gasteiger partial charge in [0.2, 0.25) is 20.0 Å². The summed E-state index contributed by atoms with van der Waals surface area (Å²) in [4.78, 5) is 33.8. The Balaban J connectivity index is 0.000000313. The lowest BCUT2D eigenvalue weighted by molar-refractivity contribution is 0.0587. The first-order chi connectivity index (χ1) is 31.5. The summed E-state index contributed by atoms with van der Waals surface area (Å²) in [6.45, 7) is 0.901. The van der Waals surface area contributed by atoms with Crippen LogP contribution in [0.3, 0.4) is 0 Å². The van der Waals surface area contributed by atoms with Crippen LogP contribution in [-0.4, -0.2) is 67.7 Å². The fraction of sp³-hybridized carbons (Fsp3) is 0.114. The maximum Gasteiger partial charge on any atom is 0.339 e. The number of esters is 2. The van der Waals surface area contributed by atoms with E-state index in [1.54, 1.807) is 36.4 Å². The van der Waals surface area contributed by atoms with Gasteiger partial charge in [0.15, 0.2) is 0 Å². The largest absolute Gasteiger partial charge is 0.465 e. The molecular formula is C44H48ClN5O13S3. The summed E-state index contributed by atoms with van der Waals surface area (Å²) in [6.07, 6.45) is 0. The first kappa shape index (κ1) is 55.8. The third-order valence-corrected chi connectivity index (χ3v) is 12.7. The SMILES string of the molecule is COC(=O)c1ccccc1S(=O)(=O)Cl.COC(=O)c1ccccc1S(=O)(=O)NCc1ccccc1.NCc1ccccc1.NO.O=C(NO)c1ccccc1S(=O)(=O)NCc1ccccc1. The fourth-order valence-electron chi connectivity index (χ4n) is 5.20. The number of nitrogens with two attached hydrogens (primary N) is 2. The zero-order chi connectivity index (χ0) is 49.2. The summed E-state index contributed by atoms with van der Waals surface area (Å²) in [6, 6.07) is 45.3. The number of hydrogen-bond donors (Lipinski definition) is 7. The number of nitrogens with one attached hydrogen (secondary N) is 3. The number of methoxy groups -OCH3 is 2. The smallest absolute Gasteiger partial charge is 0.339 e. The Hall–Kier alpha value is -6.37. The highest BCUT2D eigenvalue weighted by Gasteiger charge is 2.23. The molecule has 0 fully saturated rings. The number of carbonyl (C=O) groups excluding carboxylic acids is 3. The van der Waals surface area contributed by atoms with E-state index in [4.69, 9.17) is 26.8 Å². The number of carbonyl (C=O) groups is 3. The Kier molecular flexibility index (Phi) is 24.1. The van der Waals surface area contributed by atoms with E-state index < -0.39 is 46.9 Å². The number of rotatable bonds is 13. The molecular weight excluding hydrogens is 938 g/mol. The molecule has 352 valence electrons. The normalized spacial score (nSPS) is 10.6. The van der Waals surface area contributed by atoms with Crippen molar-refractivity contribution in [3.05, 3.63) is 197 Å². The maximum atomic E-state index is 12.3. The van der Waals surface area contributed by atoms with Crippen LogP contribution in [0.5, 0.6) is 0 Å². The minimum absolute atomic E-state index is 0.0144. The Labute approximate surface area is 387 Å². The van der Waals surface area contributed by atoms with Gasteiger partial charge < -0.3 is 20.4 Å². The van der Waals surface area contributed by atoms with Crippen LogP contribution in [-0.2, 0) is 58.2 Å². The second-order valence-electron chi connectivity index (χ2n) is 12.7. The van der Waals surface area contributed by atoms with E-state index >= 15 is 0 Å². The van der Waals surface area contributed by atoms with Crippen molar-refractivity contribution in [2.24, 2.45) is 11.6 Å². The number of amides is 1. The summed E-state index contributed by atoms with van der Waals surface area (Å²) in [5.41, 5.74) is 9.43. The number of sulfonamides is 2. The summed E-state index contributed by atoms with van der Waals surface area (Å²) >= 11 is 0. The lowest BCUT2D eigenvalue weighted by Gasteiger charge is -2.10. The molecule has 0 aliphatic carbocycles. The molecule has 18 nitrogen and oxygen atoms in total. The highest BCUT2D eigenvalue weighted by molar-refractivity contribution is 8.13. The molecule has 0 aliphatic heterocycles. The molecule has 9 N–H and O–H groups in total. The van der Waals surface area contributed by atoms with Crippen LogP contribution < -0.4 is 26.6 Å². The Bertz CT molecular complexity index is 2660. The third-order valence-electron chi connectivity index (χ3n) is 8.36. The Morgan fingerprint density at radius 3 is 1.14 bits per heavy atom. The zero-order valence-electron chi connectivity index (χ0n) is 35.4. The average molecular weight is 987 g/mol. The molecule has 1 amide bonds. The van der Waals surface area contributed by atoms with Gasteiger partial charge in [-0.25, -0.2) is 55.7 Å². The lowest BCUT2D eigenvalue weighted by Crippen LogP contribution is -2.27. The van der Waals surface area contributed by atoms with Gasteiger partial charge in [-0.2, -0.15) is 0 Å². The van der Waals surface area contributed by atoms with Crippen LogP contribution in [0.1, 0.15) is 47.8 Å². The van der Waals surface area contributed by atoms with E-state index in [9.17, 15) is 39.6 Å². The number of halogens is 1. The van der Waals surface area contributed by atoms with Gasteiger partial charge in [-0.1, -0.05) is 127 Å². The number of benzene rings is 6. The van der Waals surface area contributed by atoms with Crippen molar-refractivity contribution in [2.75, 3.05) is 14.2 Å². The van der Waals surface area contributed by atoms with Crippen molar-refractivity contribution in [2.45, 2.75) is 34.3 Å². The van der Waals surface area contributed by atoms with E-state index in [1.807, 2.05) is 66.7 Å². The standard InChI is InChI=1S/C15H15NO4S.C14H14N2O4S.C8H7ClO4S.C7H9N.H3NO/c1-20-15(17)13-9-5-6-10-14(13)21(18,19)16-11-12-7-3-2-4-8-12;17-14(16-18)12-8-4-5-9-13(12)21(19,20)15-10-11-6-2-1-3-7-11;1-13-8(10)6-4-2-3-5-7(6)14(9,11)12;8-6-7-4-2-1-3-5-7;1-2/h2-10,16H,11H2,1H3;1-9,15,18H,10H2,(H,16,17);2-5H,1H3;1-5H,6,8H2;2H,1H2. The van der Waals surface area contributed by atoms with Crippen molar-refractivity contribution in [1.82, 2.24) is 14.9 Å². The molecule has 0 atom stereocenters. The van der Waals surface area contributed by atoms with E-state index in [1.165, 1.54) is 85.9 Å². The predicted molar refractivity (Wildman–Crippen MR) is 246 cm³/mol. The van der Waals surface area contributed by atoms with Crippen LogP contribution in [0.4, 0.5) is 0 Å². The van der Waals surface area contributed by atoms with Crippen LogP contribution in [0, 0.1) is 0 Å². The number of hydrogen-bond acceptors (Lipinski definition) is 15. The zero-order valence-corrected chi connectivity index (χ0v) is 38.6. The number of ether oxygens (including phenoxy) is 2. The molecule has 0 aromatic heterocycles. The molecule has 0 unspecified atom stereocenters. The second kappa shape index (κ2) is 28.5. The van der Waals surface area contributed by atoms with E-state index in [0.717, 1.165) is 11.1 Å². The van der Waals surface area contributed by atoms with Crippen molar-refractivity contribution >= 4 is 57.6 Å². The fourth-order valence-corrected chi connectivity index (χ4v) is 8.69. The molecule has 0 saturated carbocycles. The summed E-state index contributed by atoms with van der Waals surface area (Å²) in [7, 11) is -4.07. The van der Waals surface area contributed by atoms with Crippen LogP contribution in [0.15, 0.2) is 178 Å². The minimum atomic E-state index is -3.92. The van der Waals surface area contributed by atoms with Gasteiger partial charge in [0.05, 0.1) is 45.6 Å². The van der Waals surface area contributed by atoms with Gasteiger partial charge in [-0.15, -0.1) is 0 Å². The van der Waals surface area contributed by atoms with Crippen LogP contribution >= 0.6 is 10.7 Å². The van der Waals surface area contributed by atoms with Gasteiger partial charge in [0.25, 0.3) is 15.0 Å². The first-order valence-corrected chi connectivity index (χ1v) is 24.2. The second-order valence-corrected chi connectivity index (χ2v) is 18.7. The maximum absolute atomic E-state index is 12.3. The molecule has 6 aromatic carbocycles. The van der Waals surface area contributed by atoms with Crippen molar-refractivity contribution in [1.29, 1.82) is 0 Å². The summed E-state index contributed by atoms with van der Waals surface area (Å²) in [5.74, 6) is 1.20. The Morgan fingerprint density at radius 1 is 0.500 bits per heavy atom. The number of hydroxylamine groups is 1. The monoisotopic (exact) mass is 985 g/mol. The van der Waals surface area contributed by atoms with Gasteiger partial charge in [0, 0.05) is 30.3 Å². The van der Waals surface area contributed by atoms with E-state index in [-0.39, 0.29) is 44.5 Å². The van der Waals surface area contributed by atoms with Crippen LogP contribution in [0.2, 0.25) is 0 Å². The van der Waals surface area contributed by atoms with Crippen molar-refractivity contribution in [3.8, 4) is 0 Å². The molecule has 0 saturated heterocycles. The summed E-state index contributed by atoms with van der Waals surface area (Å²) in [5, 5.41) is 15.2. The quantitative estimate of drug-likeness (QED) is 0.0342. The topological polar surface area (TPSA) is 301 Å². The molecule has 0 bridgehead atoms. The predicted octanol–water partition coefficient (Wildman–Crippen LogP) is 5.12. The molecule has 0 radical (unpaired) electrons. The lowest BCUT2D eigenvalue weighted by atomic mass is 10.2. The third kappa shape index (κ3) is 18.3. The molecule has 6 aromatic rings. The first-order valence-electron chi connectivity index (χ1n) is 18.9. The average Bonchev–Trinajstić information content (AvgIpc) is 3.36. The van der Waals surface area contributed by atoms with Gasteiger partial charge in [0.1, 0.15) is 0 Å². The Morgan fingerprint density at radius 2 is 0.803 bits per heavy atom. The molecule has 22 heteroatoms. The van der Waals surface area contributed by atoms with Gasteiger partial charge >= 0.3 is 11.9 Å². The molecule has 6 rings (SSSR count). The summed E-state index contributed by atoms with van der Waals surface area (Å²) < 4.78 is 85.2. The highest BCUT2D eigenvalue weighted by atomic mass is 35.7. The van der Waals surface area contributed by atoms with Crippen molar-refractivity contribution < 1.29 is 59.5 Å². The molecule has 0 spiro atoms. The minimum Gasteiger partial charge on any atom is -0.465 e. The van der Waals surface area contributed by atoms with Crippen molar-refractivity contribution in [3.63, 3.8) is 0 Å². The molecule has 66 heavy (non-hydrogen) atoms. The molecule has 0 heterocycles. The molecule has 0 aliphatic rings. The van der Waals surface area contributed by atoms with Crippen LogP contribution in [0.25, 0.3) is 0 Å². The van der Waals surface area contributed by atoms with Gasteiger partial charge in [-0.05, 0) is 53.1 Å². The highest BCUT2D eigenvalue weighted by Crippen LogP contribution is 2.21. The van der Waals surface area contributed by atoms with E-state index in [2.05, 4.69) is 24.8 Å². The van der Waals surface area contributed by atoms with E-state index in [0.29, 0.717) is 6.54 Å². The van der Waals surface area contributed by atoms with Gasteiger partial charge in [-0.3, -0.25) is 10.0 Å².